The van der Waals surface area contributed by atoms with E-state index in [4.69, 9.17) is 11.6 Å². The van der Waals surface area contributed by atoms with Gasteiger partial charge in [-0.2, -0.15) is 5.10 Å². The number of benzene rings is 2. The molecule has 28 heavy (non-hydrogen) atoms. The minimum absolute atomic E-state index is 0.127. The lowest BCUT2D eigenvalue weighted by Gasteiger charge is -2.08. The van der Waals surface area contributed by atoms with Crippen molar-refractivity contribution in [2.45, 2.75) is 20.3 Å². The zero-order valence-corrected chi connectivity index (χ0v) is 16.5. The highest BCUT2D eigenvalue weighted by molar-refractivity contribution is 6.30. The van der Waals surface area contributed by atoms with Crippen molar-refractivity contribution in [2.75, 3.05) is 11.9 Å². The van der Waals surface area contributed by atoms with Crippen LogP contribution in [0.2, 0.25) is 5.02 Å². The molecule has 7 heteroatoms. The highest BCUT2D eigenvalue weighted by atomic mass is 35.5. The highest BCUT2D eigenvalue weighted by Gasteiger charge is 2.16. The van der Waals surface area contributed by atoms with Crippen LogP contribution >= 0.6 is 11.6 Å². The van der Waals surface area contributed by atoms with Crippen LogP contribution in [0, 0.1) is 6.92 Å². The third kappa shape index (κ3) is 4.40. The normalized spacial score (nSPS) is 10.5. The highest BCUT2D eigenvalue weighted by Crippen LogP contribution is 2.19. The number of nitrogens with one attached hydrogen (secondary N) is 2. The average molecular weight is 397 g/mol. The predicted molar refractivity (Wildman–Crippen MR) is 110 cm³/mol. The van der Waals surface area contributed by atoms with Crippen LogP contribution < -0.4 is 10.6 Å². The minimum atomic E-state index is -0.269. The van der Waals surface area contributed by atoms with Crippen LogP contribution in [0.25, 0.3) is 5.69 Å². The van der Waals surface area contributed by atoms with Gasteiger partial charge in [-0.15, -0.1) is 0 Å². The van der Waals surface area contributed by atoms with Crippen molar-refractivity contribution in [1.29, 1.82) is 0 Å². The number of hydrogen-bond acceptors (Lipinski definition) is 3. The Hall–Kier alpha value is -3.12. The van der Waals surface area contributed by atoms with Gasteiger partial charge in [-0.25, -0.2) is 4.68 Å². The maximum Gasteiger partial charge on any atom is 0.259 e. The Kier molecular flexibility index (Phi) is 6.11. The SMILES string of the molecule is CCCNC(=O)c1ccc(NC(=O)c2cnn(-c3cccc(Cl)c3)c2C)cc1. The molecule has 0 saturated carbocycles. The molecule has 0 aliphatic carbocycles. The molecular weight excluding hydrogens is 376 g/mol. The first-order chi connectivity index (χ1) is 13.5. The summed E-state index contributed by atoms with van der Waals surface area (Å²) in [6.07, 6.45) is 2.40. The standard InChI is InChI=1S/C21H21ClN4O2/c1-3-11-23-20(27)15-7-9-17(10-8-15)25-21(28)19-13-24-26(14(19)2)18-6-4-5-16(22)12-18/h4-10,12-13H,3,11H2,1-2H3,(H,23,27)(H,25,28). The van der Waals surface area contributed by atoms with E-state index in [1.807, 2.05) is 26.0 Å². The Balaban J connectivity index is 1.72. The molecule has 6 nitrogen and oxygen atoms in total. The second kappa shape index (κ2) is 8.71. The lowest BCUT2D eigenvalue weighted by atomic mass is 10.1. The molecule has 0 atom stereocenters. The molecule has 2 amide bonds. The fourth-order valence-electron chi connectivity index (χ4n) is 2.74. The monoisotopic (exact) mass is 396 g/mol. The zero-order chi connectivity index (χ0) is 20.1. The first-order valence-electron chi connectivity index (χ1n) is 8.99. The van der Waals surface area contributed by atoms with Gasteiger partial charge in [-0.3, -0.25) is 9.59 Å². The summed E-state index contributed by atoms with van der Waals surface area (Å²) in [6.45, 7) is 4.45. The fraction of sp³-hybridized carbons (Fsp3) is 0.190. The molecule has 0 unspecified atom stereocenters. The number of carbonyl (C=O) groups excluding carboxylic acids is 2. The molecule has 3 aromatic rings. The first kappa shape index (κ1) is 19.6. The summed E-state index contributed by atoms with van der Waals surface area (Å²) in [7, 11) is 0. The Morgan fingerprint density at radius 3 is 2.54 bits per heavy atom. The molecular formula is C21H21ClN4O2. The maximum absolute atomic E-state index is 12.6. The summed E-state index contributed by atoms with van der Waals surface area (Å²) in [6, 6.07) is 14.0. The molecule has 144 valence electrons. The molecule has 0 saturated heterocycles. The predicted octanol–water partition coefficient (Wildman–Crippen LogP) is 4.23. The van der Waals surface area contributed by atoms with Crippen LogP contribution in [-0.4, -0.2) is 28.1 Å². The van der Waals surface area contributed by atoms with Crippen molar-refractivity contribution in [3.8, 4) is 5.69 Å². The fourth-order valence-corrected chi connectivity index (χ4v) is 2.93. The molecule has 0 fully saturated rings. The molecule has 0 bridgehead atoms. The number of nitrogens with zero attached hydrogens (tertiary/aromatic N) is 2. The number of carbonyl (C=O) groups is 2. The maximum atomic E-state index is 12.6. The second-order valence-electron chi connectivity index (χ2n) is 6.32. The summed E-state index contributed by atoms with van der Waals surface area (Å²) >= 11 is 6.04. The Morgan fingerprint density at radius 1 is 1.11 bits per heavy atom. The summed E-state index contributed by atoms with van der Waals surface area (Å²) < 4.78 is 1.67. The molecule has 1 heterocycles. The second-order valence-corrected chi connectivity index (χ2v) is 6.76. The van der Waals surface area contributed by atoms with Gasteiger partial charge < -0.3 is 10.6 Å². The molecule has 0 aliphatic rings. The Morgan fingerprint density at radius 2 is 1.86 bits per heavy atom. The number of anilines is 1. The number of rotatable bonds is 6. The van der Waals surface area contributed by atoms with Crippen molar-refractivity contribution < 1.29 is 9.59 Å². The van der Waals surface area contributed by atoms with Gasteiger partial charge in [-0.1, -0.05) is 24.6 Å². The van der Waals surface area contributed by atoms with Crippen molar-refractivity contribution in [3.05, 3.63) is 76.6 Å². The molecule has 3 rings (SSSR count). The summed E-state index contributed by atoms with van der Waals surface area (Å²) in [5.41, 5.74) is 3.11. The number of aromatic nitrogens is 2. The van der Waals surface area contributed by atoms with E-state index in [0.29, 0.717) is 34.1 Å². The van der Waals surface area contributed by atoms with Crippen LogP contribution in [0.1, 0.15) is 39.8 Å². The van der Waals surface area contributed by atoms with Gasteiger partial charge in [0, 0.05) is 22.8 Å². The third-order valence-corrected chi connectivity index (χ3v) is 4.48. The summed E-state index contributed by atoms with van der Waals surface area (Å²) in [5, 5.41) is 10.6. The van der Waals surface area contributed by atoms with Crippen LogP contribution in [0.3, 0.4) is 0 Å². The lowest BCUT2D eigenvalue weighted by molar-refractivity contribution is 0.0953. The van der Waals surface area contributed by atoms with E-state index in [9.17, 15) is 9.59 Å². The van der Waals surface area contributed by atoms with E-state index >= 15 is 0 Å². The minimum Gasteiger partial charge on any atom is -0.352 e. The number of amides is 2. The van der Waals surface area contributed by atoms with Crippen molar-refractivity contribution >= 4 is 29.1 Å². The number of halogens is 1. The van der Waals surface area contributed by atoms with E-state index < -0.39 is 0 Å². The van der Waals surface area contributed by atoms with E-state index in [0.717, 1.165) is 12.1 Å². The smallest absolute Gasteiger partial charge is 0.259 e. The summed E-state index contributed by atoms with van der Waals surface area (Å²) in [5.74, 6) is -0.396. The van der Waals surface area contributed by atoms with Gasteiger partial charge in [-0.05, 0) is 55.8 Å². The van der Waals surface area contributed by atoms with Gasteiger partial charge in [0.2, 0.25) is 0 Å². The Bertz CT molecular complexity index is 996. The van der Waals surface area contributed by atoms with E-state index in [-0.39, 0.29) is 11.8 Å². The van der Waals surface area contributed by atoms with E-state index in [2.05, 4.69) is 15.7 Å². The van der Waals surface area contributed by atoms with Crippen LogP contribution in [0.5, 0.6) is 0 Å². The van der Waals surface area contributed by atoms with Crippen LogP contribution in [-0.2, 0) is 0 Å². The van der Waals surface area contributed by atoms with Crippen molar-refractivity contribution in [1.82, 2.24) is 15.1 Å². The third-order valence-electron chi connectivity index (χ3n) is 4.25. The van der Waals surface area contributed by atoms with Gasteiger partial charge in [0.1, 0.15) is 0 Å². The lowest BCUT2D eigenvalue weighted by Crippen LogP contribution is -2.23. The van der Waals surface area contributed by atoms with E-state index in [1.165, 1.54) is 6.20 Å². The van der Waals surface area contributed by atoms with Gasteiger partial charge in [0.25, 0.3) is 11.8 Å². The zero-order valence-electron chi connectivity index (χ0n) is 15.7. The quantitative estimate of drug-likeness (QED) is 0.654. The van der Waals surface area contributed by atoms with Crippen molar-refractivity contribution in [3.63, 3.8) is 0 Å². The van der Waals surface area contributed by atoms with Crippen molar-refractivity contribution in [2.24, 2.45) is 0 Å². The Labute approximate surface area is 168 Å². The van der Waals surface area contributed by atoms with Gasteiger partial charge >= 0.3 is 0 Å². The molecule has 0 radical (unpaired) electrons. The van der Waals surface area contributed by atoms with E-state index in [1.54, 1.807) is 41.1 Å². The van der Waals surface area contributed by atoms with Crippen LogP contribution in [0.4, 0.5) is 5.69 Å². The molecule has 1 aromatic heterocycles. The summed E-state index contributed by atoms with van der Waals surface area (Å²) in [4.78, 5) is 24.6. The molecule has 0 aliphatic heterocycles. The molecule has 0 spiro atoms. The van der Waals surface area contributed by atoms with Crippen LogP contribution in [0.15, 0.2) is 54.7 Å². The number of hydrogen-bond donors (Lipinski definition) is 2. The van der Waals surface area contributed by atoms with Gasteiger partial charge in [0.15, 0.2) is 0 Å². The first-order valence-corrected chi connectivity index (χ1v) is 9.37. The molecule has 2 aromatic carbocycles. The largest absolute Gasteiger partial charge is 0.352 e. The average Bonchev–Trinajstić information content (AvgIpc) is 3.08. The topological polar surface area (TPSA) is 76.0 Å². The van der Waals surface area contributed by atoms with Gasteiger partial charge in [0.05, 0.1) is 23.1 Å². The molecule has 2 N–H and O–H groups in total.